The quantitative estimate of drug-likeness (QED) is 0.707. The Balaban J connectivity index is 1.53. The van der Waals surface area contributed by atoms with E-state index in [1.807, 2.05) is 5.38 Å². The maximum absolute atomic E-state index is 14.2. The maximum atomic E-state index is 14.2. The molecule has 2 N–H and O–H groups in total. The molecule has 0 saturated carbocycles. The number of halogens is 1. The first-order valence-corrected chi connectivity index (χ1v) is 8.62. The van der Waals surface area contributed by atoms with Crippen molar-refractivity contribution in [3.63, 3.8) is 0 Å². The molecule has 1 aliphatic heterocycles. The number of thiazole rings is 1. The van der Waals surface area contributed by atoms with Crippen LogP contribution in [-0.2, 0) is 0 Å². The first kappa shape index (κ1) is 17.0. The molecule has 0 fully saturated rings. The van der Waals surface area contributed by atoms with Crippen LogP contribution in [-0.4, -0.2) is 23.1 Å². The van der Waals surface area contributed by atoms with Crippen molar-refractivity contribution in [3.8, 4) is 12.3 Å². The zero-order valence-electron chi connectivity index (χ0n) is 13.3. The standard InChI is InChI=1S/C17H16FN5OS/c1-2-3-6-17(22-23-17)7-8-19-15(24)13-5-4-12(11-14(13)18)21-16-20-9-10-25-16/h1,4-5,9-11H,3,6-8H2,(H,19,24)(H,20,21). The smallest absolute Gasteiger partial charge is 0.254 e. The molecule has 2 aromatic rings. The van der Waals surface area contributed by atoms with Crippen LogP contribution in [0.5, 0.6) is 0 Å². The van der Waals surface area contributed by atoms with E-state index in [4.69, 9.17) is 6.42 Å². The van der Waals surface area contributed by atoms with Crippen LogP contribution >= 0.6 is 11.3 Å². The third-order valence-electron chi connectivity index (χ3n) is 3.76. The highest BCUT2D eigenvalue weighted by molar-refractivity contribution is 7.13. The Hall–Kier alpha value is -2.79. The minimum absolute atomic E-state index is 0.00737. The van der Waals surface area contributed by atoms with Gasteiger partial charge < -0.3 is 10.6 Å². The number of rotatable bonds is 8. The molecule has 128 valence electrons. The summed E-state index contributed by atoms with van der Waals surface area (Å²) in [6, 6.07) is 4.36. The van der Waals surface area contributed by atoms with E-state index in [9.17, 15) is 9.18 Å². The van der Waals surface area contributed by atoms with Gasteiger partial charge in [0.05, 0.1) is 5.56 Å². The number of hydrogen-bond donors (Lipinski definition) is 2. The predicted octanol–water partition coefficient (Wildman–Crippen LogP) is 3.72. The Labute approximate surface area is 148 Å². The monoisotopic (exact) mass is 357 g/mol. The second kappa shape index (κ2) is 7.40. The zero-order chi connectivity index (χ0) is 17.7. The molecule has 1 amide bonds. The Bertz CT molecular complexity index is 822. The second-order valence-corrected chi connectivity index (χ2v) is 6.44. The van der Waals surface area contributed by atoms with Crippen molar-refractivity contribution >= 4 is 28.1 Å². The van der Waals surface area contributed by atoms with Gasteiger partial charge in [-0.25, -0.2) is 9.37 Å². The van der Waals surface area contributed by atoms with Crippen molar-refractivity contribution in [2.45, 2.75) is 24.9 Å². The number of anilines is 2. The number of nitrogens with one attached hydrogen (secondary N) is 2. The van der Waals surface area contributed by atoms with Gasteiger partial charge in [0.1, 0.15) is 5.82 Å². The van der Waals surface area contributed by atoms with Crippen LogP contribution in [0.25, 0.3) is 0 Å². The molecule has 0 spiro atoms. The van der Waals surface area contributed by atoms with Gasteiger partial charge in [-0.3, -0.25) is 4.79 Å². The van der Waals surface area contributed by atoms with Gasteiger partial charge in [0.25, 0.3) is 5.91 Å². The van der Waals surface area contributed by atoms with Crippen molar-refractivity contribution in [1.29, 1.82) is 0 Å². The topological polar surface area (TPSA) is 78.7 Å². The Morgan fingerprint density at radius 2 is 2.20 bits per heavy atom. The van der Waals surface area contributed by atoms with Gasteiger partial charge in [0.15, 0.2) is 10.8 Å². The van der Waals surface area contributed by atoms with Crippen molar-refractivity contribution < 1.29 is 9.18 Å². The summed E-state index contributed by atoms with van der Waals surface area (Å²) in [6.07, 6.45) is 8.71. The summed E-state index contributed by atoms with van der Waals surface area (Å²) in [5.41, 5.74) is 0.0690. The molecule has 0 bridgehead atoms. The highest BCUT2D eigenvalue weighted by Crippen LogP contribution is 2.36. The lowest BCUT2D eigenvalue weighted by molar-refractivity contribution is 0.0948. The molecule has 0 unspecified atom stereocenters. The van der Waals surface area contributed by atoms with Gasteiger partial charge in [-0.1, -0.05) is 0 Å². The zero-order valence-corrected chi connectivity index (χ0v) is 14.1. The van der Waals surface area contributed by atoms with E-state index < -0.39 is 17.4 Å². The third kappa shape index (κ3) is 4.39. The summed E-state index contributed by atoms with van der Waals surface area (Å²) >= 11 is 1.40. The van der Waals surface area contributed by atoms with Gasteiger partial charge in [-0.05, 0) is 18.2 Å². The van der Waals surface area contributed by atoms with Gasteiger partial charge in [0, 0.05) is 43.1 Å². The lowest BCUT2D eigenvalue weighted by atomic mass is 10.0. The minimum atomic E-state index is -0.595. The summed E-state index contributed by atoms with van der Waals surface area (Å²) in [5.74, 6) is 1.49. The molecule has 3 rings (SSSR count). The van der Waals surface area contributed by atoms with Crippen molar-refractivity contribution in [2.75, 3.05) is 11.9 Å². The summed E-state index contributed by atoms with van der Waals surface area (Å²) in [4.78, 5) is 16.2. The van der Waals surface area contributed by atoms with Crippen LogP contribution in [0.4, 0.5) is 15.2 Å². The first-order chi connectivity index (χ1) is 12.1. The largest absolute Gasteiger partial charge is 0.352 e. The molecule has 0 saturated heterocycles. The Morgan fingerprint density at radius 1 is 1.36 bits per heavy atom. The van der Waals surface area contributed by atoms with Gasteiger partial charge >= 0.3 is 0 Å². The van der Waals surface area contributed by atoms with Crippen LogP contribution in [0.3, 0.4) is 0 Å². The Kier molecular flexibility index (Phi) is 5.05. The molecular formula is C17H16FN5OS. The van der Waals surface area contributed by atoms with Gasteiger partial charge in [-0.2, -0.15) is 10.2 Å². The van der Waals surface area contributed by atoms with E-state index in [0.717, 1.165) is 0 Å². The fourth-order valence-electron chi connectivity index (χ4n) is 2.33. The summed E-state index contributed by atoms with van der Waals surface area (Å²) in [6.45, 7) is 0.356. The molecular weight excluding hydrogens is 341 g/mol. The van der Waals surface area contributed by atoms with E-state index in [1.165, 1.54) is 23.5 Å². The van der Waals surface area contributed by atoms with Crippen molar-refractivity contribution in [2.24, 2.45) is 10.2 Å². The number of benzene rings is 1. The molecule has 6 nitrogen and oxygen atoms in total. The normalized spacial score (nSPS) is 13.9. The highest BCUT2D eigenvalue weighted by Gasteiger charge is 2.38. The molecule has 1 aliphatic rings. The van der Waals surface area contributed by atoms with Crippen molar-refractivity contribution in [1.82, 2.24) is 10.3 Å². The second-order valence-electron chi connectivity index (χ2n) is 5.55. The fraction of sp³-hybridized carbons (Fsp3) is 0.294. The molecule has 25 heavy (non-hydrogen) atoms. The number of carbonyl (C=O) groups is 1. The van der Waals surface area contributed by atoms with E-state index in [-0.39, 0.29) is 5.56 Å². The van der Waals surface area contributed by atoms with Crippen molar-refractivity contribution in [3.05, 3.63) is 41.2 Å². The number of nitrogens with zero attached hydrogens (tertiary/aromatic N) is 3. The number of amides is 1. The lowest BCUT2D eigenvalue weighted by Gasteiger charge is -2.11. The van der Waals surface area contributed by atoms with E-state index in [2.05, 4.69) is 31.8 Å². The van der Waals surface area contributed by atoms with E-state index in [0.29, 0.717) is 36.6 Å². The molecule has 1 aromatic heterocycles. The van der Waals surface area contributed by atoms with Crippen LogP contribution in [0.2, 0.25) is 0 Å². The van der Waals surface area contributed by atoms with Crippen LogP contribution in [0.15, 0.2) is 40.0 Å². The van der Waals surface area contributed by atoms with Gasteiger partial charge in [0.2, 0.25) is 0 Å². The molecule has 8 heteroatoms. The summed E-state index contributed by atoms with van der Waals surface area (Å²) in [7, 11) is 0. The van der Waals surface area contributed by atoms with E-state index >= 15 is 0 Å². The van der Waals surface area contributed by atoms with Gasteiger partial charge in [-0.15, -0.1) is 23.7 Å². The number of terminal acetylenes is 1. The van der Waals surface area contributed by atoms with E-state index in [1.54, 1.807) is 12.3 Å². The first-order valence-electron chi connectivity index (χ1n) is 7.74. The molecule has 2 heterocycles. The Morgan fingerprint density at radius 3 is 2.84 bits per heavy atom. The number of carbonyl (C=O) groups excluding carboxylic acids is 1. The molecule has 0 radical (unpaired) electrons. The van der Waals surface area contributed by atoms with Crippen LogP contribution in [0.1, 0.15) is 29.6 Å². The average molecular weight is 357 g/mol. The summed E-state index contributed by atoms with van der Waals surface area (Å²) in [5, 5.41) is 16.1. The number of aromatic nitrogens is 1. The lowest BCUT2D eigenvalue weighted by Crippen LogP contribution is -2.29. The fourth-order valence-corrected chi connectivity index (χ4v) is 2.87. The minimum Gasteiger partial charge on any atom is -0.352 e. The summed E-state index contributed by atoms with van der Waals surface area (Å²) < 4.78 is 14.2. The third-order valence-corrected chi connectivity index (χ3v) is 4.45. The SMILES string of the molecule is C#CCCC1(CCNC(=O)c2ccc(Nc3nccs3)cc2F)N=N1. The average Bonchev–Trinajstić information content (AvgIpc) is 3.17. The highest BCUT2D eigenvalue weighted by atomic mass is 32.1. The molecule has 0 aliphatic carbocycles. The number of hydrogen-bond acceptors (Lipinski definition) is 6. The van der Waals surface area contributed by atoms with Crippen LogP contribution < -0.4 is 10.6 Å². The predicted molar refractivity (Wildman–Crippen MR) is 94.4 cm³/mol. The molecule has 0 atom stereocenters. The molecule has 1 aromatic carbocycles. The van der Waals surface area contributed by atoms with Crippen LogP contribution in [0, 0.1) is 18.2 Å². The maximum Gasteiger partial charge on any atom is 0.254 e.